The summed E-state index contributed by atoms with van der Waals surface area (Å²) in [5.41, 5.74) is 3.23. The molecule has 0 saturated heterocycles. The van der Waals surface area contributed by atoms with Gasteiger partial charge in [-0.15, -0.1) is 0 Å². The van der Waals surface area contributed by atoms with Crippen LogP contribution in [0.1, 0.15) is 12.5 Å². The number of halogens is 1. The van der Waals surface area contributed by atoms with Gasteiger partial charge in [0.1, 0.15) is 10.9 Å². The van der Waals surface area contributed by atoms with Gasteiger partial charge in [-0.05, 0) is 73.4 Å². The lowest BCUT2D eigenvalue weighted by Gasteiger charge is -2.08. The Morgan fingerprint density at radius 2 is 1.48 bits per heavy atom. The van der Waals surface area contributed by atoms with E-state index < -0.39 is 0 Å². The molecule has 0 aliphatic heterocycles. The van der Waals surface area contributed by atoms with Crippen molar-refractivity contribution in [3.8, 4) is 0 Å². The first kappa shape index (κ1) is 19.5. The minimum Gasteiger partial charge on any atom is -0.241 e. The molecule has 3 aromatic carbocycles. The molecule has 0 N–H and O–H groups in total. The van der Waals surface area contributed by atoms with Crippen molar-refractivity contribution in [1.82, 2.24) is 0 Å². The average Bonchev–Trinajstić information content (AvgIpc) is 2.69. The van der Waals surface area contributed by atoms with E-state index in [1.807, 2.05) is 30.3 Å². The first-order valence-corrected chi connectivity index (χ1v) is 10.3. The number of aliphatic imine (C=N–C) groups is 1. The third-order valence-corrected chi connectivity index (χ3v) is 5.88. The number of hydrogen-bond donors (Lipinski definition) is 0. The van der Waals surface area contributed by atoms with Crippen molar-refractivity contribution in [2.45, 2.75) is 23.6 Å². The number of rotatable bonds is 5. The van der Waals surface area contributed by atoms with E-state index in [2.05, 4.69) is 43.5 Å². The second-order valence-corrected chi connectivity index (χ2v) is 8.05. The molecule has 0 bridgehead atoms. The topological polar surface area (TPSA) is 12.4 Å². The van der Waals surface area contributed by atoms with Crippen LogP contribution in [0.5, 0.6) is 0 Å². The van der Waals surface area contributed by atoms with Gasteiger partial charge in [0.15, 0.2) is 0 Å². The molecule has 3 rings (SSSR count). The predicted molar refractivity (Wildman–Crippen MR) is 117 cm³/mol. The van der Waals surface area contributed by atoms with Crippen molar-refractivity contribution < 1.29 is 4.39 Å². The molecule has 0 aliphatic carbocycles. The van der Waals surface area contributed by atoms with Crippen LogP contribution in [-0.2, 0) is 0 Å². The number of nitrogens with zero attached hydrogens (tertiary/aromatic N) is 1. The van der Waals surface area contributed by atoms with Gasteiger partial charge in [0.25, 0.3) is 0 Å². The quantitative estimate of drug-likeness (QED) is 0.251. The predicted octanol–water partition coefficient (Wildman–Crippen LogP) is 7.65. The SMILES string of the molecule is CC(=CSc1ccc(F)cc1)/C(=N\c1ccccc1)Sc1ccc(C)cc1. The fourth-order valence-corrected chi connectivity index (χ4v) is 3.91. The van der Waals surface area contributed by atoms with E-state index in [9.17, 15) is 4.39 Å². The molecule has 0 radical (unpaired) electrons. The summed E-state index contributed by atoms with van der Waals surface area (Å²) in [4.78, 5) is 6.98. The van der Waals surface area contributed by atoms with Gasteiger partial charge in [0, 0.05) is 9.79 Å². The van der Waals surface area contributed by atoms with Crippen LogP contribution in [0.25, 0.3) is 0 Å². The molecule has 136 valence electrons. The molecule has 0 unspecified atom stereocenters. The van der Waals surface area contributed by atoms with Crippen LogP contribution in [0.4, 0.5) is 10.1 Å². The summed E-state index contributed by atoms with van der Waals surface area (Å²) in [6.07, 6.45) is 0. The van der Waals surface area contributed by atoms with E-state index >= 15 is 0 Å². The summed E-state index contributed by atoms with van der Waals surface area (Å²) in [6, 6.07) is 24.9. The molecular weight excluding hydrogens is 373 g/mol. The van der Waals surface area contributed by atoms with E-state index in [0.29, 0.717) is 0 Å². The van der Waals surface area contributed by atoms with E-state index in [0.717, 1.165) is 26.1 Å². The first-order valence-electron chi connectivity index (χ1n) is 8.58. The summed E-state index contributed by atoms with van der Waals surface area (Å²) in [5.74, 6) is -0.221. The Hall–Kier alpha value is -2.30. The fourth-order valence-electron chi connectivity index (χ4n) is 2.25. The highest BCUT2D eigenvalue weighted by Gasteiger charge is 2.07. The maximum Gasteiger partial charge on any atom is 0.123 e. The van der Waals surface area contributed by atoms with Gasteiger partial charge >= 0.3 is 0 Å². The maximum atomic E-state index is 13.1. The van der Waals surface area contributed by atoms with E-state index in [-0.39, 0.29) is 5.82 Å². The monoisotopic (exact) mass is 393 g/mol. The number of para-hydroxylation sites is 1. The number of aryl methyl sites for hydroxylation is 1. The minimum absolute atomic E-state index is 0.221. The Labute approximate surface area is 168 Å². The second kappa shape index (κ2) is 9.58. The molecule has 4 heteroatoms. The molecule has 0 aliphatic rings. The standard InChI is InChI=1S/C23H20FNS2/c1-17-8-12-22(13-9-17)27-23(25-20-6-4-3-5-7-20)18(2)16-26-21-14-10-19(24)11-15-21/h3-16H,1-2H3/b18-16?,25-23+. The van der Waals surface area contributed by atoms with E-state index in [4.69, 9.17) is 4.99 Å². The molecule has 1 nitrogen and oxygen atoms in total. The average molecular weight is 394 g/mol. The minimum atomic E-state index is -0.221. The van der Waals surface area contributed by atoms with Crippen molar-refractivity contribution in [1.29, 1.82) is 0 Å². The third kappa shape index (κ3) is 6.12. The normalized spacial score (nSPS) is 12.3. The molecule has 27 heavy (non-hydrogen) atoms. The number of thioether (sulfide) groups is 2. The Morgan fingerprint density at radius 3 is 2.15 bits per heavy atom. The molecular formula is C23H20FNS2. The Balaban J connectivity index is 1.85. The third-order valence-electron chi connectivity index (χ3n) is 3.75. The number of hydrogen-bond acceptors (Lipinski definition) is 3. The van der Waals surface area contributed by atoms with Crippen molar-refractivity contribution in [2.75, 3.05) is 0 Å². The van der Waals surface area contributed by atoms with Crippen LogP contribution in [-0.4, -0.2) is 5.04 Å². The molecule has 0 heterocycles. The van der Waals surface area contributed by atoms with Gasteiger partial charge in [0.05, 0.1) is 5.69 Å². The maximum absolute atomic E-state index is 13.1. The number of benzene rings is 3. The van der Waals surface area contributed by atoms with Gasteiger partial charge in [-0.1, -0.05) is 59.4 Å². The Bertz CT molecular complexity index is 930. The van der Waals surface area contributed by atoms with Crippen LogP contribution in [0.2, 0.25) is 0 Å². The van der Waals surface area contributed by atoms with Crippen LogP contribution < -0.4 is 0 Å². The summed E-state index contributed by atoms with van der Waals surface area (Å²) in [5, 5.41) is 3.01. The van der Waals surface area contributed by atoms with Gasteiger partial charge in [0.2, 0.25) is 0 Å². The van der Waals surface area contributed by atoms with E-state index in [1.165, 1.54) is 17.7 Å². The molecule has 0 atom stereocenters. The van der Waals surface area contributed by atoms with Crippen molar-refractivity contribution >= 4 is 34.3 Å². The van der Waals surface area contributed by atoms with Gasteiger partial charge < -0.3 is 0 Å². The Kier molecular flexibility index (Phi) is 6.91. The van der Waals surface area contributed by atoms with Crippen LogP contribution >= 0.6 is 23.5 Å². The Morgan fingerprint density at radius 1 is 0.852 bits per heavy atom. The van der Waals surface area contributed by atoms with Crippen LogP contribution in [0.15, 0.2) is 105 Å². The summed E-state index contributed by atoms with van der Waals surface area (Å²) >= 11 is 3.21. The van der Waals surface area contributed by atoms with Crippen molar-refractivity contribution in [3.05, 3.63) is 101 Å². The van der Waals surface area contributed by atoms with E-state index in [1.54, 1.807) is 35.7 Å². The molecule has 0 saturated carbocycles. The molecule has 0 amide bonds. The molecule has 0 fully saturated rings. The lowest BCUT2D eigenvalue weighted by Crippen LogP contribution is -1.94. The lowest BCUT2D eigenvalue weighted by atomic mass is 10.2. The van der Waals surface area contributed by atoms with Gasteiger partial charge in [-0.25, -0.2) is 9.38 Å². The largest absolute Gasteiger partial charge is 0.241 e. The smallest absolute Gasteiger partial charge is 0.123 e. The van der Waals surface area contributed by atoms with Crippen molar-refractivity contribution in [3.63, 3.8) is 0 Å². The van der Waals surface area contributed by atoms with Crippen LogP contribution in [0, 0.1) is 12.7 Å². The fraction of sp³-hybridized carbons (Fsp3) is 0.0870. The van der Waals surface area contributed by atoms with Gasteiger partial charge in [-0.3, -0.25) is 0 Å². The molecule has 0 spiro atoms. The lowest BCUT2D eigenvalue weighted by molar-refractivity contribution is 0.626. The van der Waals surface area contributed by atoms with Crippen LogP contribution in [0.3, 0.4) is 0 Å². The summed E-state index contributed by atoms with van der Waals surface area (Å²) < 4.78 is 13.1. The molecule has 3 aromatic rings. The summed E-state index contributed by atoms with van der Waals surface area (Å²) in [6.45, 7) is 4.14. The highest BCUT2D eigenvalue weighted by atomic mass is 32.2. The zero-order chi connectivity index (χ0) is 19.1. The second-order valence-electron chi connectivity index (χ2n) is 6.04. The highest BCUT2D eigenvalue weighted by Crippen LogP contribution is 2.29. The van der Waals surface area contributed by atoms with Gasteiger partial charge in [-0.2, -0.15) is 0 Å². The highest BCUT2D eigenvalue weighted by molar-refractivity contribution is 8.14. The zero-order valence-corrected chi connectivity index (χ0v) is 16.9. The zero-order valence-electron chi connectivity index (χ0n) is 15.2. The van der Waals surface area contributed by atoms with Crippen molar-refractivity contribution in [2.24, 2.45) is 4.99 Å². The summed E-state index contributed by atoms with van der Waals surface area (Å²) in [7, 11) is 0. The molecule has 0 aromatic heterocycles. The first-order chi connectivity index (χ1) is 13.1.